The van der Waals surface area contributed by atoms with E-state index >= 15 is 0 Å². The summed E-state index contributed by atoms with van der Waals surface area (Å²) in [4.78, 5) is 0. The molecule has 1 N–H and O–H groups in total. The number of aliphatic hydroxyl groups excluding tert-OH is 1. The highest BCUT2D eigenvalue weighted by Crippen LogP contribution is 2.31. The molecule has 1 aromatic rings. The monoisotopic (exact) mass is 318 g/mol. The number of benzene rings is 1. The summed E-state index contributed by atoms with van der Waals surface area (Å²) in [6.07, 6.45) is 0.210. The van der Waals surface area contributed by atoms with Crippen molar-refractivity contribution in [3.8, 4) is 5.75 Å². The van der Waals surface area contributed by atoms with Gasteiger partial charge < -0.3 is 14.6 Å². The predicted molar refractivity (Wildman–Crippen MR) is 69.2 cm³/mol. The number of rotatable bonds is 5. The van der Waals surface area contributed by atoms with E-state index in [4.69, 9.17) is 9.47 Å². The fraction of sp³-hybridized carbons (Fsp3) is 0.538. The molecule has 100 valence electrons. The molecule has 0 amide bonds. The zero-order chi connectivity index (χ0) is 13.1. The molecule has 0 radical (unpaired) electrons. The molecule has 1 aromatic carbocycles. The molecule has 0 spiro atoms. The Hall–Kier alpha value is -0.650. The van der Waals surface area contributed by atoms with Crippen molar-refractivity contribution in [2.75, 3.05) is 6.61 Å². The van der Waals surface area contributed by atoms with E-state index in [2.05, 4.69) is 15.9 Å². The van der Waals surface area contributed by atoms with Crippen molar-refractivity contribution < 1.29 is 19.0 Å². The maximum atomic E-state index is 13.6. The molecule has 1 aliphatic carbocycles. The Morgan fingerprint density at radius 3 is 2.89 bits per heavy atom. The van der Waals surface area contributed by atoms with Gasteiger partial charge in [-0.15, -0.1) is 0 Å². The van der Waals surface area contributed by atoms with Gasteiger partial charge in [0.15, 0.2) is 11.6 Å². The molecule has 0 heterocycles. The van der Waals surface area contributed by atoms with Gasteiger partial charge in [-0.3, -0.25) is 0 Å². The van der Waals surface area contributed by atoms with E-state index in [1.54, 1.807) is 12.1 Å². The van der Waals surface area contributed by atoms with Crippen LogP contribution in [0.2, 0.25) is 0 Å². The largest absolute Gasteiger partial charge is 0.484 e. The van der Waals surface area contributed by atoms with Crippen molar-refractivity contribution in [2.45, 2.75) is 38.1 Å². The van der Waals surface area contributed by atoms with Crippen LogP contribution in [0.15, 0.2) is 22.7 Å². The van der Waals surface area contributed by atoms with Crippen LogP contribution in [0.1, 0.15) is 19.8 Å². The molecule has 0 aliphatic heterocycles. The van der Waals surface area contributed by atoms with Gasteiger partial charge in [0.25, 0.3) is 0 Å². The summed E-state index contributed by atoms with van der Waals surface area (Å²) < 4.78 is 25.3. The lowest BCUT2D eigenvalue weighted by Crippen LogP contribution is -2.55. The molecule has 18 heavy (non-hydrogen) atoms. The van der Waals surface area contributed by atoms with Crippen LogP contribution in [0.25, 0.3) is 0 Å². The zero-order valence-electron chi connectivity index (χ0n) is 10.1. The van der Waals surface area contributed by atoms with Crippen molar-refractivity contribution >= 4 is 15.9 Å². The van der Waals surface area contributed by atoms with E-state index in [-0.39, 0.29) is 18.0 Å². The third-order valence-corrected chi connectivity index (χ3v) is 3.40. The molecular weight excluding hydrogens is 303 g/mol. The minimum absolute atomic E-state index is 0.195. The lowest BCUT2D eigenvalue weighted by atomic mass is 9.88. The predicted octanol–water partition coefficient (Wildman–Crippen LogP) is 2.90. The van der Waals surface area contributed by atoms with Gasteiger partial charge in [-0.05, 0) is 24.6 Å². The van der Waals surface area contributed by atoms with Crippen LogP contribution in [0.4, 0.5) is 4.39 Å². The van der Waals surface area contributed by atoms with Crippen molar-refractivity contribution in [1.82, 2.24) is 0 Å². The highest BCUT2D eigenvalue weighted by atomic mass is 79.9. The summed E-state index contributed by atoms with van der Waals surface area (Å²) in [7, 11) is 0. The third-order valence-electron chi connectivity index (χ3n) is 2.91. The Kier molecular flexibility index (Phi) is 4.59. The first-order valence-electron chi connectivity index (χ1n) is 6.03. The topological polar surface area (TPSA) is 38.7 Å². The molecule has 0 saturated heterocycles. The summed E-state index contributed by atoms with van der Waals surface area (Å²) in [6, 6.07) is 4.64. The standard InChI is InChI=1S/C13H16BrFO3/c1-2-5-17-13-10(16)7-12(13)18-11-4-3-8(14)6-9(11)15/h3-4,6,10,12-13,16H,2,5,7H2,1H3. The van der Waals surface area contributed by atoms with E-state index in [9.17, 15) is 9.50 Å². The molecular formula is C13H16BrFO3. The van der Waals surface area contributed by atoms with E-state index in [0.29, 0.717) is 17.5 Å². The summed E-state index contributed by atoms with van der Waals surface area (Å²) >= 11 is 3.19. The van der Waals surface area contributed by atoms with E-state index in [1.165, 1.54) is 6.07 Å². The van der Waals surface area contributed by atoms with Crippen LogP contribution in [-0.2, 0) is 4.74 Å². The first kappa shape index (κ1) is 13.8. The average molecular weight is 319 g/mol. The SMILES string of the molecule is CCCOC1C(O)CC1Oc1ccc(Br)cc1F. The number of ether oxygens (including phenoxy) is 2. The van der Waals surface area contributed by atoms with Gasteiger partial charge >= 0.3 is 0 Å². The molecule has 0 aromatic heterocycles. The van der Waals surface area contributed by atoms with Crippen molar-refractivity contribution in [3.05, 3.63) is 28.5 Å². The molecule has 3 atom stereocenters. The quantitative estimate of drug-likeness (QED) is 0.907. The second kappa shape index (κ2) is 5.99. The van der Waals surface area contributed by atoms with Crippen LogP contribution in [0.3, 0.4) is 0 Å². The molecule has 3 nitrogen and oxygen atoms in total. The first-order valence-corrected chi connectivity index (χ1v) is 6.82. The molecule has 5 heteroatoms. The van der Waals surface area contributed by atoms with Crippen molar-refractivity contribution in [1.29, 1.82) is 0 Å². The molecule has 1 aliphatic rings. The minimum Gasteiger partial charge on any atom is -0.484 e. The van der Waals surface area contributed by atoms with Crippen LogP contribution < -0.4 is 4.74 Å². The highest BCUT2D eigenvalue weighted by molar-refractivity contribution is 9.10. The second-order valence-electron chi connectivity index (χ2n) is 4.37. The van der Waals surface area contributed by atoms with Gasteiger partial charge in [-0.1, -0.05) is 22.9 Å². The van der Waals surface area contributed by atoms with E-state index < -0.39 is 11.9 Å². The number of hydrogen-bond donors (Lipinski definition) is 1. The van der Waals surface area contributed by atoms with Crippen LogP contribution in [-0.4, -0.2) is 30.0 Å². The fourth-order valence-corrected chi connectivity index (χ4v) is 2.21. The van der Waals surface area contributed by atoms with Gasteiger partial charge in [-0.2, -0.15) is 0 Å². The minimum atomic E-state index is -0.514. The summed E-state index contributed by atoms with van der Waals surface area (Å²) in [5.41, 5.74) is 0. The van der Waals surface area contributed by atoms with Gasteiger partial charge in [-0.25, -0.2) is 4.39 Å². The Balaban J connectivity index is 1.96. The summed E-state index contributed by atoms with van der Waals surface area (Å²) in [6.45, 7) is 2.57. The maximum absolute atomic E-state index is 13.6. The van der Waals surface area contributed by atoms with Crippen LogP contribution in [0, 0.1) is 5.82 Å². The lowest BCUT2D eigenvalue weighted by molar-refractivity contribution is -0.163. The number of aliphatic hydroxyl groups is 1. The Labute approximate surface area is 114 Å². The smallest absolute Gasteiger partial charge is 0.166 e. The number of hydrogen-bond acceptors (Lipinski definition) is 3. The Morgan fingerprint density at radius 1 is 1.50 bits per heavy atom. The summed E-state index contributed by atoms with van der Waals surface area (Å²) in [5, 5.41) is 9.59. The molecule has 3 unspecified atom stereocenters. The normalized spacial score (nSPS) is 26.8. The van der Waals surface area contributed by atoms with Gasteiger partial charge in [0.1, 0.15) is 12.2 Å². The average Bonchev–Trinajstić information content (AvgIpc) is 2.32. The van der Waals surface area contributed by atoms with Gasteiger partial charge in [0.05, 0.1) is 6.10 Å². The first-order chi connectivity index (χ1) is 8.61. The molecule has 0 bridgehead atoms. The zero-order valence-corrected chi connectivity index (χ0v) is 11.7. The fourth-order valence-electron chi connectivity index (χ4n) is 1.88. The van der Waals surface area contributed by atoms with E-state index in [0.717, 1.165) is 6.42 Å². The molecule has 2 rings (SSSR count). The summed E-state index contributed by atoms with van der Waals surface area (Å²) in [5.74, 6) is -0.222. The maximum Gasteiger partial charge on any atom is 0.166 e. The molecule has 1 fully saturated rings. The second-order valence-corrected chi connectivity index (χ2v) is 5.29. The highest BCUT2D eigenvalue weighted by Gasteiger charge is 2.43. The Bertz CT molecular complexity index is 413. The van der Waals surface area contributed by atoms with Gasteiger partial charge in [0, 0.05) is 17.5 Å². The van der Waals surface area contributed by atoms with Crippen molar-refractivity contribution in [3.63, 3.8) is 0 Å². The Morgan fingerprint density at radius 2 is 2.28 bits per heavy atom. The lowest BCUT2D eigenvalue weighted by Gasteiger charge is -2.40. The van der Waals surface area contributed by atoms with Crippen LogP contribution >= 0.6 is 15.9 Å². The number of halogens is 2. The van der Waals surface area contributed by atoms with Crippen LogP contribution in [0.5, 0.6) is 5.75 Å². The van der Waals surface area contributed by atoms with E-state index in [1.807, 2.05) is 6.92 Å². The molecule has 1 saturated carbocycles. The van der Waals surface area contributed by atoms with Crippen molar-refractivity contribution in [2.24, 2.45) is 0 Å². The third kappa shape index (κ3) is 3.02. The van der Waals surface area contributed by atoms with Gasteiger partial charge in [0.2, 0.25) is 0 Å².